The Labute approximate surface area is 128 Å². The van der Waals surface area contributed by atoms with Crippen LogP contribution in [0.3, 0.4) is 0 Å². The van der Waals surface area contributed by atoms with E-state index in [0.29, 0.717) is 11.4 Å². The van der Waals surface area contributed by atoms with Crippen molar-refractivity contribution in [2.24, 2.45) is 0 Å². The average Bonchev–Trinajstić information content (AvgIpc) is 2.60. The second-order valence-electron chi connectivity index (χ2n) is 4.80. The Kier molecular flexibility index (Phi) is 3.74. The Morgan fingerprint density at radius 2 is 1.82 bits per heavy atom. The molecule has 0 saturated heterocycles. The van der Waals surface area contributed by atoms with Crippen molar-refractivity contribution in [3.8, 4) is 17.0 Å². The molecule has 0 N–H and O–H groups in total. The zero-order valence-corrected chi connectivity index (χ0v) is 12.4. The molecule has 110 valence electrons. The van der Waals surface area contributed by atoms with Crippen molar-refractivity contribution in [1.29, 1.82) is 0 Å². The van der Waals surface area contributed by atoms with Crippen molar-refractivity contribution in [1.82, 2.24) is 4.98 Å². The van der Waals surface area contributed by atoms with Crippen LogP contribution in [0.25, 0.3) is 22.0 Å². The Morgan fingerprint density at radius 1 is 1.00 bits per heavy atom. The fraction of sp³-hybridized carbons (Fsp3) is 0.111. The van der Waals surface area contributed by atoms with E-state index in [1.807, 2.05) is 48.5 Å². The zero-order chi connectivity index (χ0) is 15.5. The molecule has 4 nitrogen and oxygen atoms in total. The number of aromatic nitrogens is 1. The SMILES string of the molecule is COC(=O)c1ccccc1-c1ccc2nc(OC)ccc2c1. The van der Waals surface area contributed by atoms with E-state index in [-0.39, 0.29) is 5.97 Å². The molecule has 22 heavy (non-hydrogen) atoms. The van der Waals surface area contributed by atoms with Crippen LogP contribution in [0.4, 0.5) is 0 Å². The maximum absolute atomic E-state index is 11.9. The Morgan fingerprint density at radius 3 is 2.59 bits per heavy atom. The molecular formula is C18H15NO3. The number of esters is 1. The highest BCUT2D eigenvalue weighted by molar-refractivity contribution is 5.98. The summed E-state index contributed by atoms with van der Waals surface area (Å²) in [6.45, 7) is 0. The average molecular weight is 293 g/mol. The molecule has 1 heterocycles. The lowest BCUT2D eigenvalue weighted by Gasteiger charge is -2.09. The monoisotopic (exact) mass is 293 g/mol. The van der Waals surface area contributed by atoms with Gasteiger partial charge in [-0.1, -0.05) is 24.3 Å². The maximum Gasteiger partial charge on any atom is 0.338 e. The van der Waals surface area contributed by atoms with Gasteiger partial charge in [0, 0.05) is 11.5 Å². The first-order valence-corrected chi connectivity index (χ1v) is 6.85. The highest BCUT2D eigenvalue weighted by Crippen LogP contribution is 2.28. The van der Waals surface area contributed by atoms with Gasteiger partial charge in [0.15, 0.2) is 0 Å². The summed E-state index contributed by atoms with van der Waals surface area (Å²) in [4.78, 5) is 16.3. The molecule has 0 unspecified atom stereocenters. The summed E-state index contributed by atoms with van der Waals surface area (Å²) < 4.78 is 9.98. The number of hydrogen-bond donors (Lipinski definition) is 0. The van der Waals surface area contributed by atoms with E-state index in [1.165, 1.54) is 7.11 Å². The van der Waals surface area contributed by atoms with Gasteiger partial charge in [-0.25, -0.2) is 9.78 Å². The second kappa shape index (κ2) is 5.85. The van der Waals surface area contributed by atoms with Crippen LogP contribution in [-0.4, -0.2) is 25.2 Å². The standard InChI is InChI=1S/C18H15NO3/c1-21-17-10-8-13-11-12(7-9-16(13)19-17)14-5-3-4-6-15(14)18(20)22-2/h3-11H,1-2H3. The third-order valence-electron chi connectivity index (χ3n) is 3.52. The number of carbonyl (C=O) groups excluding carboxylic acids is 1. The van der Waals surface area contributed by atoms with Gasteiger partial charge < -0.3 is 9.47 Å². The topological polar surface area (TPSA) is 48.4 Å². The van der Waals surface area contributed by atoms with Gasteiger partial charge in [0.2, 0.25) is 5.88 Å². The highest BCUT2D eigenvalue weighted by atomic mass is 16.5. The first-order chi connectivity index (χ1) is 10.7. The number of ether oxygens (including phenoxy) is 2. The quantitative estimate of drug-likeness (QED) is 0.691. The third kappa shape index (κ3) is 2.51. The molecule has 0 radical (unpaired) electrons. The molecule has 0 aliphatic heterocycles. The molecule has 0 aliphatic rings. The van der Waals surface area contributed by atoms with Gasteiger partial charge in [0.25, 0.3) is 0 Å². The van der Waals surface area contributed by atoms with Crippen molar-refractivity contribution >= 4 is 16.9 Å². The fourth-order valence-electron chi connectivity index (χ4n) is 2.41. The predicted octanol–water partition coefficient (Wildman–Crippen LogP) is 3.70. The second-order valence-corrected chi connectivity index (χ2v) is 4.80. The van der Waals surface area contributed by atoms with E-state index >= 15 is 0 Å². The summed E-state index contributed by atoms with van der Waals surface area (Å²) >= 11 is 0. The van der Waals surface area contributed by atoms with Crippen LogP contribution in [0.1, 0.15) is 10.4 Å². The number of carbonyl (C=O) groups is 1. The zero-order valence-electron chi connectivity index (χ0n) is 12.4. The Bertz CT molecular complexity index is 843. The molecule has 0 bridgehead atoms. The van der Waals surface area contributed by atoms with Crippen molar-refractivity contribution in [2.45, 2.75) is 0 Å². The lowest BCUT2D eigenvalue weighted by atomic mass is 9.98. The minimum atomic E-state index is -0.344. The molecule has 3 rings (SSSR count). The van der Waals surface area contributed by atoms with Gasteiger partial charge in [-0.05, 0) is 35.4 Å². The molecule has 3 aromatic rings. The molecule has 0 amide bonds. The minimum absolute atomic E-state index is 0.344. The number of benzene rings is 2. The number of nitrogens with zero attached hydrogens (tertiary/aromatic N) is 1. The molecular weight excluding hydrogens is 278 g/mol. The molecule has 2 aromatic carbocycles. The molecule has 0 saturated carbocycles. The lowest BCUT2D eigenvalue weighted by molar-refractivity contribution is 0.0601. The minimum Gasteiger partial charge on any atom is -0.481 e. The van der Waals surface area contributed by atoms with Crippen molar-refractivity contribution in [2.75, 3.05) is 14.2 Å². The summed E-state index contributed by atoms with van der Waals surface area (Å²) in [6.07, 6.45) is 0. The van der Waals surface area contributed by atoms with Gasteiger partial charge in [-0.2, -0.15) is 0 Å². The van der Waals surface area contributed by atoms with Crippen LogP contribution >= 0.6 is 0 Å². The largest absolute Gasteiger partial charge is 0.481 e. The van der Waals surface area contributed by atoms with E-state index < -0.39 is 0 Å². The summed E-state index contributed by atoms with van der Waals surface area (Å²) in [6, 6.07) is 17.0. The number of methoxy groups -OCH3 is 2. The van der Waals surface area contributed by atoms with Crippen molar-refractivity contribution in [3.63, 3.8) is 0 Å². The Hall–Kier alpha value is -2.88. The predicted molar refractivity (Wildman–Crippen MR) is 85.1 cm³/mol. The first kappa shape index (κ1) is 14.1. The van der Waals surface area contributed by atoms with Gasteiger partial charge in [-0.15, -0.1) is 0 Å². The molecule has 0 atom stereocenters. The smallest absolute Gasteiger partial charge is 0.338 e. The van der Waals surface area contributed by atoms with E-state index in [0.717, 1.165) is 22.0 Å². The summed E-state index contributed by atoms with van der Waals surface area (Å²) in [5, 5.41) is 0.984. The summed E-state index contributed by atoms with van der Waals surface area (Å²) in [7, 11) is 2.98. The van der Waals surface area contributed by atoms with E-state index in [2.05, 4.69) is 4.98 Å². The normalized spacial score (nSPS) is 10.5. The lowest BCUT2D eigenvalue weighted by Crippen LogP contribution is -2.03. The molecule has 4 heteroatoms. The van der Waals surface area contributed by atoms with E-state index in [1.54, 1.807) is 13.2 Å². The number of rotatable bonds is 3. The molecule has 0 aliphatic carbocycles. The van der Waals surface area contributed by atoms with Crippen molar-refractivity contribution < 1.29 is 14.3 Å². The summed E-state index contributed by atoms with van der Waals surface area (Å²) in [5.41, 5.74) is 3.18. The van der Waals surface area contributed by atoms with E-state index in [9.17, 15) is 4.79 Å². The molecule has 0 spiro atoms. The van der Waals surface area contributed by atoms with Crippen LogP contribution in [0, 0.1) is 0 Å². The number of fused-ring (bicyclic) bond motifs is 1. The summed E-state index contributed by atoms with van der Waals surface area (Å²) in [5.74, 6) is 0.235. The highest BCUT2D eigenvalue weighted by Gasteiger charge is 2.12. The van der Waals surface area contributed by atoms with Gasteiger partial charge in [-0.3, -0.25) is 0 Å². The van der Waals surface area contributed by atoms with Crippen LogP contribution in [-0.2, 0) is 4.74 Å². The van der Waals surface area contributed by atoms with Crippen LogP contribution in [0.2, 0.25) is 0 Å². The van der Waals surface area contributed by atoms with Crippen LogP contribution < -0.4 is 4.74 Å². The number of hydrogen-bond acceptors (Lipinski definition) is 4. The third-order valence-corrected chi connectivity index (χ3v) is 3.52. The van der Waals surface area contributed by atoms with Crippen LogP contribution in [0.5, 0.6) is 5.88 Å². The van der Waals surface area contributed by atoms with Gasteiger partial charge in [0.05, 0.1) is 25.3 Å². The fourth-order valence-corrected chi connectivity index (χ4v) is 2.41. The Balaban J connectivity index is 2.13. The maximum atomic E-state index is 11.9. The van der Waals surface area contributed by atoms with Gasteiger partial charge in [0.1, 0.15) is 0 Å². The van der Waals surface area contributed by atoms with Crippen LogP contribution in [0.15, 0.2) is 54.6 Å². The number of pyridine rings is 1. The molecule has 0 fully saturated rings. The van der Waals surface area contributed by atoms with Crippen molar-refractivity contribution in [3.05, 3.63) is 60.2 Å². The molecule has 1 aromatic heterocycles. The van der Waals surface area contributed by atoms with E-state index in [4.69, 9.17) is 9.47 Å². The van der Waals surface area contributed by atoms with Gasteiger partial charge >= 0.3 is 5.97 Å². The first-order valence-electron chi connectivity index (χ1n) is 6.85.